The number of benzene rings is 1. The molecule has 3 heteroatoms. The van der Waals surface area contributed by atoms with Gasteiger partial charge in [-0.05, 0) is 62.3 Å². The Balaban J connectivity index is 2.03. The third-order valence-corrected chi connectivity index (χ3v) is 3.72. The van der Waals surface area contributed by atoms with E-state index >= 15 is 0 Å². The van der Waals surface area contributed by atoms with Crippen LogP contribution in [0.4, 0.5) is 0 Å². The number of aliphatic hydroxyl groups excluding tert-OH is 1. The Bertz CT molecular complexity index is 438. The van der Waals surface area contributed by atoms with Crippen molar-refractivity contribution in [3.05, 3.63) is 34.9 Å². The third kappa shape index (κ3) is 3.10. The smallest absolute Gasteiger partial charge is 0.251 e. The van der Waals surface area contributed by atoms with Gasteiger partial charge >= 0.3 is 0 Å². The molecule has 1 aliphatic carbocycles. The lowest BCUT2D eigenvalue weighted by Crippen LogP contribution is -2.37. The Labute approximate surface area is 108 Å². The second kappa shape index (κ2) is 5.53. The van der Waals surface area contributed by atoms with Gasteiger partial charge in [0.05, 0.1) is 0 Å². The van der Waals surface area contributed by atoms with Crippen LogP contribution in [0.5, 0.6) is 0 Å². The van der Waals surface area contributed by atoms with Crippen molar-refractivity contribution < 1.29 is 9.90 Å². The number of aliphatic hydroxyl groups is 1. The number of carbonyl (C=O) groups is 1. The summed E-state index contributed by atoms with van der Waals surface area (Å²) in [5, 5.41) is 12.1. The third-order valence-electron chi connectivity index (χ3n) is 3.72. The van der Waals surface area contributed by atoms with E-state index < -0.39 is 0 Å². The molecule has 1 unspecified atom stereocenters. The maximum Gasteiger partial charge on any atom is 0.251 e. The van der Waals surface area contributed by atoms with Gasteiger partial charge in [-0.1, -0.05) is 6.07 Å². The Morgan fingerprint density at radius 3 is 2.67 bits per heavy atom. The van der Waals surface area contributed by atoms with Crippen LogP contribution < -0.4 is 5.32 Å². The molecular weight excluding hydrogens is 226 g/mol. The molecule has 1 amide bonds. The van der Waals surface area contributed by atoms with Crippen LogP contribution >= 0.6 is 0 Å². The predicted octanol–water partition coefficient (Wildman–Crippen LogP) is 2.19. The summed E-state index contributed by atoms with van der Waals surface area (Å²) in [5.41, 5.74) is 3.04. The number of hydrogen-bond donors (Lipinski definition) is 2. The molecule has 1 atom stereocenters. The van der Waals surface area contributed by atoms with Gasteiger partial charge in [0.15, 0.2) is 0 Å². The van der Waals surface area contributed by atoms with Crippen molar-refractivity contribution in [1.29, 1.82) is 0 Å². The van der Waals surface area contributed by atoms with Crippen LogP contribution in [-0.4, -0.2) is 23.7 Å². The molecule has 18 heavy (non-hydrogen) atoms. The summed E-state index contributed by atoms with van der Waals surface area (Å²) in [5.74, 6) is 0.538. The summed E-state index contributed by atoms with van der Waals surface area (Å²) in [6.07, 6.45) is 2.98. The Morgan fingerprint density at radius 2 is 2.11 bits per heavy atom. The molecule has 0 saturated heterocycles. The molecule has 2 rings (SSSR count). The van der Waals surface area contributed by atoms with E-state index in [0.29, 0.717) is 17.9 Å². The normalized spacial score (nSPS) is 16.4. The average molecular weight is 247 g/mol. The number of amides is 1. The minimum absolute atomic E-state index is 0.0246. The Morgan fingerprint density at radius 1 is 1.39 bits per heavy atom. The number of rotatable bonds is 5. The summed E-state index contributed by atoms with van der Waals surface area (Å²) < 4.78 is 0. The van der Waals surface area contributed by atoms with E-state index in [9.17, 15) is 4.79 Å². The first kappa shape index (κ1) is 13.1. The molecule has 0 aliphatic heterocycles. The molecule has 0 radical (unpaired) electrons. The van der Waals surface area contributed by atoms with Gasteiger partial charge in [0.1, 0.15) is 0 Å². The van der Waals surface area contributed by atoms with E-state index in [2.05, 4.69) is 5.32 Å². The summed E-state index contributed by atoms with van der Waals surface area (Å²) in [6, 6.07) is 5.89. The molecule has 0 aromatic heterocycles. The highest BCUT2D eigenvalue weighted by atomic mass is 16.3. The summed E-state index contributed by atoms with van der Waals surface area (Å²) in [7, 11) is 0. The molecular formula is C15H21NO2. The molecule has 2 N–H and O–H groups in total. The van der Waals surface area contributed by atoms with Crippen LogP contribution in [0.15, 0.2) is 18.2 Å². The van der Waals surface area contributed by atoms with Crippen LogP contribution in [0, 0.1) is 19.8 Å². The van der Waals surface area contributed by atoms with Gasteiger partial charge in [-0.3, -0.25) is 4.79 Å². The monoisotopic (exact) mass is 247 g/mol. The second-order valence-electron chi connectivity index (χ2n) is 5.23. The van der Waals surface area contributed by atoms with Gasteiger partial charge in [-0.2, -0.15) is 0 Å². The lowest BCUT2D eigenvalue weighted by molar-refractivity contribution is 0.0924. The number of nitrogens with one attached hydrogen (secondary N) is 1. The predicted molar refractivity (Wildman–Crippen MR) is 71.6 cm³/mol. The molecule has 1 aliphatic rings. The summed E-state index contributed by atoms with van der Waals surface area (Å²) >= 11 is 0. The van der Waals surface area contributed by atoms with Crippen LogP contribution in [0.1, 0.15) is 40.7 Å². The SMILES string of the molecule is Cc1ccc(C(=O)NC(CCO)C2CC2)cc1C. The molecule has 98 valence electrons. The van der Waals surface area contributed by atoms with Crippen molar-refractivity contribution in [2.24, 2.45) is 5.92 Å². The van der Waals surface area contributed by atoms with E-state index in [1.807, 2.05) is 32.0 Å². The van der Waals surface area contributed by atoms with Crippen molar-refractivity contribution in [3.8, 4) is 0 Å². The van der Waals surface area contributed by atoms with E-state index in [0.717, 1.165) is 18.4 Å². The minimum atomic E-state index is -0.0246. The van der Waals surface area contributed by atoms with Crippen LogP contribution in [-0.2, 0) is 0 Å². The molecule has 0 spiro atoms. The first-order chi connectivity index (χ1) is 8.61. The maximum absolute atomic E-state index is 12.1. The minimum Gasteiger partial charge on any atom is -0.396 e. The zero-order chi connectivity index (χ0) is 13.1. The van der Waals surface area contributed by atoms with Crippen LogP contribution in [0.25, 0.3) is 0 Å². The largest absolute Gasteiger partial charge is 0.396 e. The lowest BCUT2D eigenvalue weighted by Gasteiger charge is -2.17. The highest BCUT2D eigenvalue weighted by Gasteiger charge is 2.31. The molecule has 0 bridgehead atoms. The van der Waals surface area contributed by atoms with Gasteiger partial charge in [-0.15, -0.1) is 0 Å². The molecule has 1 saturated carbocycles. The Kier molecular flexibility index (Phi) is 4.02. The molecule has 3 nitrogen and oxygen atoms in total. The van der Waals surface area contributed by atoms with E-state index in [1.165, 1.54) is 5.56 Å². The van der Waals surface area contributed by atoms with E-state index in [-0.39, 0.29) is 18.6 Å². The number of hydrogen-bond acceptors (Lipinski definition) is 2. The van der Waals surface area contributed by atoms with Crippen molar-refractivity contribution in [3.63, 3.8) is 0 Å². The highest BCUT2D eigenvalue weighted by Crippen LogP contribution is 2.34. The van der Waals surface area contributed by atoms with Crippen molar-refractivity contribution in [2.75, 3.05) is 6.61 Å². The van der Waals surface area contributed by atoms with Gasteiger partial charge in [0.2, 0.25) is 0 Å². The molecule has 0 heterocycles. The summed E-state index contributed by atoms with van der Waals surface area (Å²) in [6.45, 7) is 4.18. The fourth-order valence-corrected chi connectivity index (χ4v) is 2.20. The highest BCUT2D eigenvalue weighted by molar-refractivity contribution is 5.94. The number of aryl methyl sites for hydroxylation is 2. The zero-order valence-corrected chi connectivity index (χ0v) is 11.1. The van der Waals surface area contributed by atoms with Crippen molar-refractivity contribution >= 4 is 5.91 Å². The molecule has 1 aromatic rings. The second-order valence-corrected chi connectivity index (χ2v) is 5.23. The van der Waals surface area contributed by atoms with Crippen molar-refractivity contribution in [1.82, 2.24) is 5.32 Å². The van der Waals surface area contributed by atoms with Crippen molar-refractivity contribution in [2.45, 2.75) is 39.2 Å². The summed E-state index contributed by atoms with van der Waals surface area (Å²) in [4.78, 5) is 12.1. The average Bonchev–Trinajstić information content (AvgIpc) is 3.16. The van der Waals surface area contributed by atoms with Crippen LogP contribution in [0.3, 0.4) is 0 Å². The van der Waals surface area contributed by atoms with E-state index in [4.69, 9.17) is 5.11 Å². The zero-order valence-electron chi connectivity index (χ0n) is 11.1. The standard InChI is InChI=1S/C15H21NO2/c1-10-3-4-13(9-11(10)2)15(18)16-14(7-8-17)12-5-6-12/h3-4,9,12,14,17H,5-8H2,1-2H3,(H,16,18). The van der Waals surface area contributed by atoms with Gasteiger partial charge in [0, 0.05) is 18.2 Å². The fourth-order valence-electron chi connectivity index (χ4n) is 2.20. The Hall–Kier alpha value is -1.35. The molecule has 1 fully saturated rings. The van der Waals surface area contributed by atoms with Gasteiger partial charge < -0.3 is 10.4 Å². The van der Waals surface area contributed by atoms with Gasteiger partial charge in [-0.25, -0.2) is 0 Å². The maximum atomic E-state index is 12.1. The first-order valence-corrected chi connectivity index (χ1v) is 6.61. The first-order valence-electron chi connectivity index (χ1n) is 6.61. The number of carbonyl (C=O) groups excluding carboxylic acids is 1. The fraction of sp³-hybridized carbons (Fsp3) is 0.533. The van der Waals surface area contributed by atoms with Gasteiger partial charge in [0.25, 0.3) is 5.91 Å². The van der Waals surface area contributed by atoms with Crippen LogP contribution in [0.2, 0.25) is 0 Å². The quantitative estimate of drug-likeness (QED) is 0.838. The topological polar surface area (TPSA) is 49.3 Å². The lowest BCUT2D eigenvalue weighted by atomic mass is 10.0. The molecule has 1 aromatic carbocycles. The van der Waals surface area contributed by atoms with E-state index in [1.54, 1.807) is 0 Å².